The fourth-order valence-electron chi connectivity index (χ4n) is 2.06. The molecule has 2 atom stereocenters. The lowest BCUT2D eigenvalue weighted by Gasteiger charge is -2.33. The highest BCUT2D eigenvalue weighted by molar-refractivity contribution is 7.89. The van der Waals surface area contributed by atoms with Crippen molar-refractivity contribution in [3.63, 3.8) is 0 Å². The SMILES string of the molecule is C[C@@H]1CN(S(=O)(=O)c2ccc(CN)o2)C[C@H](C)O1. The van der Waals surface area contributed by atoms with Crippen molar-refractivity contribution >= 4 is 10.0 Å². The predicted molar refractivity (Wildman–Crippen MR) is 65.4 cm³/mol. The number of rotatable bonds is 3. The maximum atomic E-state index is 12.3. The summed E-state index contributed by atoms with van der Waals surface area (Å²) in [5, 5.41) is -0.0516. The van der Waals surface area contributed by atoms with E-state index in [9.17, 15) is 8.42 Å². The number of sulfonamides is 1. The molecule has 7 heteroatoms. The minimum atomic E-state index is -3.59. The molecule has 0 bridgehead atoms. The third kappa shape index (κ3) is 2.59. The Bertz CT molecular complexity index is 501. The molecule has 0 spiro atoms. The molecule has 2 N–H and O–H groups in total. The van der Waals surface area contributed by atoms with Crippen molar-refractivity contribution in [2.75, 3.05) is 13.1 Å². The summed E-state index contributed by atoms with van der Waals surface area (Å²) in [4.78, 5) is 0. The van der Waals surface area contributed by atoms with Gasteiger partial charge in [-0.3, -0.25) is 0 Å². The van der Waals surface area contributed by atoms with Crippen molar-refractivity contribution in [3.05, 3.63) is 17.9 Å². The van der Waals surface area contributed by atoms with Crippen molar-refractivity contribution in [3.8, 4) is 0 Å². The van der Waals surface area contributed by atoms with E-state index in [0.717, 1.165) is 0 Å². The minimum Gasteiger partial charge on any atom is -0.447 e. The molecular formula is C11H18N2O4S. The van der Waals surface area contributed by atoms with Crippen LogP contribution >= 0.6 is 0 Å². The van der Waals surface area contributed by atoms with Gasteiger partial charge < -0.3 is 14.9 Å². The number of morpholine rings is 1. The highest BCUT2D eigenvalue weighted by Gasteiger charge is 2.34. The summed E-state index contributed by atoms with van der Waals surface area (Å²) in [5.74, 6) is 0.461. The Hall–Kier alpha value is -0.890. The summed E-state index contributed by atoms with van der Waals surface area (Å²) < 4.78 is 36.8. The van der Waals surface area contributed by atoms with Gasteiger partial charge >= 0.3 is 0 Å². The van der Waals surface area contributed by atoms with Crippen molar-refractivity contribution < 1.29 is 17.6 Å². The quantitative estimate of drug-likeness (QED) is 0.869. The summed E-state index contributed by atoms with van der Waals surface area (Å²) in [6.45, 7) is 4.57. The average molecular weight is 274 g/mol. The first-order valence-corrected chi connectivity index (χ1v) is 7.32. The van der Waals surface area contributed by atoms with E-state index in [1.54, 1.807) is 6.07 Å². The van der Waals surface area contributed by atoms with Crippen molar-refractivity contribution in [2.45, 2.75) is 37.7 Å². The lowest BCUT2D eigenvalue weighted by Crippen LogP contribution is -2.47. The van der Waals surface area contributed by atoms with E-state index in [0.29, 0.717) is 18.8 Å². The molecule has 1 aliphatic heterocycles. The lowest BCUT2D eigenvalue weighted by atomic mass is 10.3. The van der Waals surface area contributed by atoms with Gasteiger partial charge in [-0.1, -0.05) is 0 Å². The van der Waals surface area contributed by atoms with Crippen LogP contribution in [0.1, 0.15) is 19.6 Å². The first-order valence-electron chi connectivity index (χ1n) is 5.88. The molecule has 6 nitrogen and oxygen atoms in total. The second kappa shape index (κ2) is 5.00. The number of hydrogen-bond acceptors (Lipinski definition) is 5. The molecule has 0 aromatic carbocycles. The highest BCUT2D eigenvalue weighted by Crippen LogP contribution is 2.22. The van der Waals surface area contributed by atoms with E-state index in [2.05, 4.69) is 0 Å². The zero-order valence-corrected chi connectivity index (χ0v) is 11.3. The van der Waals surface area contributed by atoms with E-state index >= 15 is 0 Å². The second-order valence-corrected chi connectivity index (χ2v) is 6.37. The van der Waals surface area contributed by atoms with Gasteiger partial charge in [0.25, 0.3) is 10.0 Å². The van der Waals surface area contributed by atoms with Gasteiger partial charge in [0, 0.05) is 13.1 Å². The van der Waals surface area contributed by atoms with E-state index < -0.39 is 10.0 Å². The third-order valence-corrected chi connectivity index (χ3v) is 4.52. The van der Waals surface area contributed by atoms with Crippen LogP contribution in [0.15, 0.2) is 21.6 Å². The van der Waals surface area contributed by atoms with Crippen LogP contribution in [0, 0.1) is 0 Å². The second-order valence-electron chi connectivity index (χ2n) is 4.50. The maximum Gasteiger partial charge on any atom is 0.276 e. The van der Waals surface area contributed by atoms with Crippen LogP contribution < -0.4 is 5.73 Å². The molecule has 0 aliphatic carbocycles. The largest absolute Gasteiger partial charge is 0.447 e. The first-order chi connectivity index (χ1) is 8.43. The summed E-state index contributed by atoms with van der Waals surface area (Å²) in [7, 11) is -3.59. The molecule has 0 amide bonds. The van der Waals surface area contributed by atoms with Crippen LogP contribution in [0.2, 0.25) is 0 Å². The average Bonchev–Trinajstić information content (AvgIpc) is 2.76. The number of furan rings is 1. The standard InChI is InChI=1S/C11H18N2O4S/c1-8-6-13(7-9(2)16-8)18(14,15)11-4-3-10(5-12)17-11/h3-4,8-9H,5-7,12H2,1-2H3/t8-,9+. The van der Waals surface area contributed by atoms with Gasteiger partial charge in [-0.2, -0.15) is 4.31 Å². The first kappa shape index (κ1) is 13.5. The summed E-state index contributed by atoms with van der Waals surface area (Å²) in [5.41, 5.74) is 5.41. The van der Waals surface area contributed by atoms with Crippen LogP contribution in [0.25, 0.3) is 0 Å². The molecular weight excluding hydrogens is 256 g/mol. The predicted octanol–water partition coefficient (Wildman–Crippen LogP) is 0.536. The van der Waals surface area contributed by atoms with Gasteiger partial charge in [-0.25, -0.2) is 8.42 Å². The van der Waals surface area contributed by atoms with Crippen LogP contribution in [0.3, 0.4) is 0 Å². The zero-order chi connectivity index (χ0) is 13.3. The van der Waals surface area contributed by atoms with Gasteiger partial charge in [-0.15, -0.1) is 0 Å². The number of ether oxygens (including phenoxy) is 1. The number of hydrogen-bond donors (Lipinski definition) is 1. The molecule has 0 unspecified atom stereocenters. The maximum absolute atomic E-state index is 12.3. The van der Waals surface area contributed by atoms with Crippen molar-refractivity contribution in [1.82, 2.24) is 4.31 Å². The Balaban J connectivity index is 2.25. The normalized spacial score (nSPS) is 26.4. The summed E-state index contributed by atoms with van der Waals surface area (Å²) >= 11 is 0. The van der Waals surface area contributed by atoms with Crippen LogP contribution in [-0.4, -0.2) is 38.0 Å². The summed E-state index contributed by atoms with van der Waals surface area (Å²) in [6.07, 6.45) is -0.236. The van der Waals surface area contributed by atoms with Gasteiger partial charge in [-0.05, 0) is 26.0 Å². The van der Waals surface area contributed by atoms with Gasteiger partial charge in [0.1, 0.15) is 5.76 Å². The summed E-state index contributed by atoms with van der Waals surface area (Å²) in [6, 6.07) is 3.03. The monoisotopic (exact) mass is 274 g/mol. The molecule has 1 fully saturated rings. The van der Waals surface area contributed by atoms with Gasteiger partial charge in [0.2, 0.25) is 5.09 Å². The van der Waals surface area contributed by atoms with E-state index in [4.69, 9.17) is 14.9 Å². The molecule has 1 aromatic rings. The highest BCUT2D eigenvalue weighted by atomic mass is 32.2. The topological polar surface area (TPSA) is 85.8 Å². The zero-order valence-electron chi connectivity index (χ0n) is 10.5. The van der Waals surface area contributed by atoms with E-state index in [1.807, 2.05) is 13.8 Å². The number of nitrogens with two attached hydrogens (primary N) is 1. The molecule has 2 heterocycles. The number of nitrogens with zero attached hydrogens (tertiary/aromatic N) is 1. The molecule has 1 saturated heterocycles. The Kier molecular flexibility index (Phi) is 3.76. The Morgan fingerprint density at radius 1 is 1.33 bits per heavy atom. The van der Waals surface area contributed by atoms with E-state index in [1.165, 1.54) is 10.4 Å². The van der Waals surface area contributed by atoms with Gasteiger partial charge in [0.15, 0.2) is 0 Å². The molecule has 18 heavy (non-hydrogen) atoms. The minimum absolute atomic E-state index is 0.0516. The van der Waals surface area contributed by atoms with Crippen molar-refractivity contribution in [2.24, 2.45) is 5.73 Å². The fraction of sp³-hybridized carbons (Fsp3) is 0.636. The van der Waals surface area contributed by atoms with E-state index in [-0.39, 0.29) is 23.8 Å². The molecule has 0 saturated carbocycles. The molecule has 2 rings (SSSR count). The van der Waals surface area contributed by atoms with Crippen LogP contribution in [0.5, 0.6) is 0 Å². The Morgan fingerprint density at radius 2 is 1.94 bits per heavy atom. The molecule has 102 valence electrons. The third-order valence-electron chi connectivity index (χ3n) is 2.82. The Labute approximate surface area is 107 Å². The lowest BCUT2D eigenvalue weighted by molar-refractivity contribution is -0.0443. The molecule has 1 aromatic heterocycles. The van der Waals surface area contributed by atoms with Gasteiger partial charge in [0.05, 0.1) is 18.8 Å². The van der Waals surface area contributed by atoms with Crippen LogP contribution in [0.4, 0.5) is 0 Å². The molecule has 1 aliphatic rings. The Morgan fingerprint density at radius 3 is 2.44 bits per heavy atom. The van der Waals surface area contributed by atoms with Crippen LogP contribution in [-0.2, 0) is 21.3 Å². The fourth-order valence-corrected chi connectivity index (χ4v) is 3.58. The smallest absolute Gasteiger partial charge is 0.276 e. The van der Waals surface area contributed by atoms with Crippen molar-refractivity contribution in [1.29, 1.82) is 0 Å². The molecule has 0 radical (unpaired) electrons.